The molecule has 0 fully saturated rings. The molecule has 0 aliphatic carbocycles. The van der Waals surface area contributed by atoms with Crippen molar-refractivity contribution in [1.29, 1.82) is 0 Å². The highest BCUT2D eigenvalue weighted by atomic mass is 16.6. The van der Waals surface area contributed by atoms with Crippen molar-refractivity contribution < 1.29 is 9.63 Å². The summed E-state index contributed by atoms with van der Waals surface area (Å²) in [4.78, 5) is 20.9. The van der Waals surface area contributed by atoms with Gasteiger partial charge in [-0.3, -0.25) is 4.79 Å². The summed E-state index contributed by atoms with van der Waals surface area (Å²) in [6.45, 7) is 6.64. The first-order valence-corrected chi connectivity index (χ1v) is 7.67. The second-order valence-electron chi connectivity index (χ2n) is 5.79. The second kappa shape index (κ2) is 5.83. The van der Waals surface area contributed by atoms with Crippen molar-refractivity contribution in [1.82, 2.24) is 10.3 Å². The number of rotatable bonds is 4. The van der Waals surface area contributed by atoms with E-state index >= 15 is 0 Å². The van der Waals surface area contributed by atoms with Crippen molar-refractivity contribution >= 4 is 22.5 Å². The van der Waals surface area contributed by atoms with Crippen LogP contribution in [0, 0.1) is 13.8 Å². The van der Waals surface area contributed by atoms with E-state index in [-0.39, 0.29) is 12.0 Å². The van der Waals surface area contributed by atoms with Crippen molar-refractivity contribution in [3.63, 3.8) is 0 Å². The fourth-order valence-electron chi connectivity index (χ4n) is 2.72. The van der Waals surface area contributed by atoms with Crippen LogP contribution in [0.4, 0.5) is 0 Å². The Labute approximate surface area is 129 Å². The minimum atomic E-state index is -0.0753. The molecular weight excluding hydrogens is 278 g/mol. The molecule has 1 aliphatic heterocycles. The number of hydrogen-bond donors (Lipinski definition) is 2. The third kappa shape index (κ3) is 2.71. The number of aromatic nitrogens is 1. The van der Waals surface area contributed by atoms with E-state index in [2.05, 4.69) is 29.3 Å². The van der Waals surface area contributed by atoms with E-state index in [1.807, 2.05) is 25.1 Å². The third-order valence-corrected chi connectivity index (χ3v) is 4.26. The number of carbonyl (C=O) groups excluding carboxylic acids is 1. The highest BCUT2D eigenvalue weighted by Gasteiger charge is 2.20. The van der Waals surface area contributed by atoms with E-state index in [9.17, 15) is 4.79 Å². The number of carbonyl (C=O) groups is 1. The lowest BCUT2D eigenvalue weighted by molar-refractivity contribution is 0.0753. The minimum Gasteiger partial charge on any atom is -0.390 e. The van der Waals surface area contributed by atoms with Crippen LogP contribution in [-0.4, -0.2) is 29.3 Å². The Hall–Kier alpha value is -2.30. The van der Waals surface area contributed by atoms with E-state index < -0.39 is 0 Å². The zero-order valence-electron chi connectivity index (χ0n) is 13.2. The summed E-state index contributed by atoms with van der Waals surface area (Å²) in [5.41, 5.74) is 5.11. The molecule has 0 saturated carbocycles. The van der Waals surface area contributed by atoms with E-state index in [0.717, 1.165) is 35.2 Å². The lowest BCUT2D eigenvalue weighted by atomic mass is 10.1. The number of oxime groups is 1. The van der Waals surface area contributed by atoms with Crippen molar-refractivity contribution in [3.05, 3.63) is 35.0 Å². The molecular formula is C17H21N3O2. The molecule has 1 unspecified atom stereocenters. The molecule has 22 heavy (non-hydrogen) atoms. The maximum Gasteiger partial charge on any atom is 0.251 e. The first-order chi connectivity index (χ1) is 10.6. The Morgan fingerprint density at radius 3 is 3.00 bits per heavy atom. The van der Waals surface area contributed by atoms with Gasteiger partial charge in [0.1, 0.15) is 6.10 Å². The monoisotopic (exact) mass is 299 g/mol. The molecule has 1 aromatic carbocycles. The number of fused-ring (bicyclic) bond motifs is 1. The first-order valence-electron chi connectivity index (χ1n) is 7.67. The maximum absolute atomic E-state index is 12.3. The molecule has 3 rings (SSSR count). The van der Waals surface area contributed by atoms with Crippen LogP contribution in [0.25, 0.3) is 10.9 Å². The van der Waals surface area contributed by atoms with Crippen molar-refractivity contribution in [2.24, 2.45) is 5.16 Å². The van der Waals surface area contributed by atoms with Crippen molar-refractivity contribution in [2.45, 2.75) is 39.7 Å². The molecule has 0 bridgehead atoms. The number of benzene rings is 1. The number of nitrogens with one attached hydrogen (secondary N) is 2. The predicted octanol–water partition coefficient (Wildman–Crippen LogP) is 3.07. The standard InChI is InChI=1S/C17H21N3O2/c1-4-13-8-14(22-20-13)9-18-17(21)12-5-6-16-15(7-12)10(2)11(3)19-16/h5-7,14,19H,4,8-9H2,1-3H3,(H,18,21). The summed E-state index contributed by atoms with van der Waals surface area (Å²) in [7, 11) is 0. The normalized spacial score (nSPS) is 17.4. The Kier molecular flexibility index (Phi) is 3.88. The van der Waals surface area contributed by atoms with Gasteiger partial charge < -0.3 is 15.1 Å². The van der Waals surface area contributed by atoms with E-state index in [1.54, 1.807) is 0 Å². The molecule has 1 atom stereocenters. The van der Waals surface area contributed by atoms with Gasteiger partial charge in [-0.2, -0.15) is 0 Å². The molecule has 0 radical (unpaired) electrons. The maximum atomic E-state index is 12.3. The Morgan fingerprint density at radius 1 is 1.45 bits per heavy atom. The van der Waals surface area contributed by atoms with Crippen LogP contribution < -0.4 is 5.32 Å². The van der Waals surface area contributed by atoms with Gasteiger partial charge in [-0.15, -0.1) is 0 Å². The molecule has 5 heteroatoms. The van der Waals surface area contributed by atoms with E-state index in [0.29, 0.717) is 12.1 Å². The van der Waals surface area contributed by atoms with Gasteiger partial charge in [-0.1, -0.05) is 12.1 Å². The molecule has 116 valence electrons. The van der Waals surface area contributed by atoms with Crippen LogP contribution >= 0.6 is 0 Å². The zero-order valence-corrected chi connectivity index (χ0v) is 13.2. The molecule has 5 nitrogen and oxygen atoms in total. The van der Waals surface area contributed by atoms with Gasteiger partial charge in [0.05, 0.1) is 12.3 Å². The number of aryl methyl sites for hydroxylation is 2. The van der Waals surface area contributed by atoms with Gasteiger partial charge in [0.25, 0.3) is 5.91 Å². The fourth-order valence-corrected chi connectivity index (χ4v) is 2.72. The van der Waals surface area contributed by atoms with Gasteiger partial charge in [-0.05, 0) is 44.0 Å². The average Bonchev–Trinajstić information content (AvgIpc) is 3.10. The minimum absolute atomic E-state index is 0.0427. The molecule has 0 saturated heterocycles. The van der Waals surface area contributed by atoms with Crippen LogP contribution in [0.5, 0.6) is 0 Å². The SMILES string of the molecule is CCC1=NOC(CNC(=O)c2ccc3[nH]c(C)c(C)c3c2)C1. The van der Waals surface area contributed by atoms with Crippen LogP contribution in [0.3, 0.4) is 0 Å². The molecule has 1 amide bonds. The summed E-state index contributed by atoms with van der Waals surface area (Å²) < 4.78 is 0. The van der Waals surface area contributed by atoms with Gasteiger partial charge in [0, 0.05) is 28.6 Å². The number of H-pyrrole nitrogens is 1. The molecule has 0 spiro atoms. The van der Waals surface area contributed by atoms with Crippen molar-refractivity contribution in [2.75, 3.05) is 6.54 Å². The lowest BCUT2D eigenvalue weighted by Crippen LogP contribution is -2.32. The largest absolute Gasteiger partial charge is 0.390 e. The highest BCUT2D eigenvalue weighted by molar-refractivity contribution is 5.99. The predicted molar refractivity (Wildman–Crippen MR) is 87.3 cm³/mol. The van der Waals surface area contributed by atoms with E-state index in [4.69, 9.17) is 4.84 Å². The summed E-state index contributed by atoms with van der Waals surface area (Å²) >= 11 is 0. The summed E-state index contributed by atoms with van der Waals surface area (Å²) in [6.07, 6.45) is 1.65. The quantitative estimate of drug-likeness (QED) is 0.911. The molecule has 1 aliphatic rings. The number of hydrogen-bond acceptors (Lipinski definition) is 3. The van der Waals surface area contributed by atoms with Crippen LogP contribution in [0.2, 0.25) is 0 Å². The molecule has 2 aromatic rings. The summed E-state index contributed by atoms with van der Waals surface area (Å²) in [5, 5.41) is 8.03. The number of amides is 1. The van der Waals surface area contributed by atoms with Crippen LogP contribution in [0.1, 0.15) is 41.4 Å². The zero-order chi connectivity index (χ0) is 15.7. The lowest BCUT2D eigenvalue weighted by Gasteiger charge is -2.10. The first kappa shape index (κ1) is 14.6. The summed E-state index contributed by atoms with van der Waals surface area (Å²) in [5.74, 6) is -0.0753. The molecule has 2 heterocycles. The Morgan fingerprint density at radius 2 is 2.27 bits per heavy atom. The highest BCUT2D eigenvalue weighted by Crippen LogP contribution is 2.22. The van der Waals surface area contributed by atoms with Crippen LogP contribution in [0.15, 0.2) is 23.4 Å². The van der Waals surface area contributed by atoms with Crippen LogP contribution in [-0.2, 0) is 4.84 Å². The fraction of sp³-hybridized carbons (Fsp3) is 0.412. The van der Waals surface area contributed by atoms with Gasteiger partial charge in [-0.25, -0.2) is 0 Å². The smallest absolute Gasteiger partial charge is 0.251 e. The summed E-state index contributed by atoms with van der Waals surface area (Å²) in [6, 6.07) is 5.73. The third-order valence-electron chi connectivity index (χ3n) is 4.26. The Balaban J connectivity index is 1.66. The molecule has 1 aromatic heterocycles. The topological polar surface area (TPSA) is 66.5 Å². The number of aromatic amines is 1. The second-order valence-corrected chi connectivity index (χ2v) is 5.79. The number of nitrogens with zero attached hydrogens (tertiary/aromatic N) is 1. The average molecular weight is 299 g/mol. The van der Waals surface area contributed by atoms with Gasteiger partial charge >= 0.3 is 0 Å². The van der Waals surface area contributed by atoms with Crippen molar-refractivity contribution in [3.8, 4) is 0 Å². The van der Waals surface area contributed by atoms with Gasteiger partial charge in [0.15, 0.2) is 0 Å². The Bertz CT molecular complexity index is 746. The van der Waals surface area contributed by atoms with E-state index in [1.165, 1.54) is 5.56 Å². The molecule has 2 N–H and O–H groups in total. The van der Waals surface area contributed by atoms with Gasteiger partial charge in [0.2, 0.25) is 0 Å².